The third kappa shape index (κ3) is 6.85. The number of rotatable bonds is 11. The summed E-state index contributed by atoms with van der Waals surface area (Å²) in [4.78, 5) is 20.8. The molecule has 2 aromatic heterocycles. The Hall–Kier alpha value is -4.49. The van der Waals surface area contributed by atoms with Gasteiger partial charge in [0.15, 0.2) is 0 Å². The predicted octanol–water partition coefficient (Wildman–Crippen LogP) is 5.22. The van der Waals surface area contributed by atoms with E-state index in [9.17, 15) is 8.42 Å². The first-order chi connectivity index (χ1) is 22.1. The minimum atomic E-state index is -3.62. The molecule has 1 saturated carbocycles. The number of benzene rings is 2. The van der Waals surface area contributed by atoms with Gasteiger partial charge in [0.2, 0.25) is 16.0 Å². The van der Waals surface area contributed by atoms with Crippen molar-refractivity contribution in [1.82, 2.24) is 19.9 Å². The first-order valence-electron chi connectivity index (χ1n) is 15.6. The highest BCUT2D eigenvalue weighted by Crippen LogP contribution is 2.39. The second kappa shape index (κ2) is 13.1. The lowest BCUT2D eigenvalue weighted by molar-refractivity contribution is 0.416. The van der Waals surface area contributed by atoms with Crippen molar-refractivity contribution in [2.24, 2.45) is 11.7 Å². The van der Waals surface area contributed by atoms with Crippen LogP contribution in [0.2, 0.25) is 0 Å². The lowest BCUT2D eigenvalue weighted by Crippen LogP contribution is -2.40. The third-order valence-electron chi connectivity index (χ3n) is 8.57. The molecule has 0 unspecified atom stereocenters. The molecule has 1 aliphatic heterocycles. The van der Waals surface area contributed by atoms with Gasteiger partial charge in [0.1, 0.15) is 22.8 Å². The zero-order valence-corrected chi connectivity index (χ0v) is 27.5. The Morgan fingerprint density at radius 1 is 1.07 bits per heavy atom. The van der Waals surface area contributed by atoms with Crippen LogP contribution >= 0.6 is 0 Å². The zero-order valence-electron chi connectivity index (χ0n) is 26.7. The summed E-state index contributed by atoms with van der Waals surface area (Å²) in [6.45, 7) is 3.97. The third-order valence-corrected chi connectivity index (χ3v) is 9.75. The average molecular weight is 644 g/mol. The number of hydrogen-bond acceptors (Lipinski definition) is 11. The molecule has 1 aliphatic carbocycles. The standard InChI is InChI=1S/C33H41N9O3S/c1-5-22-18-27(29(45-3)19-28(22)42-16-12-24(34)13-17-42)39-33-37-20-23(9-8-21-6-7-21)32(40-33)38-26-11-10-25-30(36-15-14-35-25)31(26)41(2)46(4,43)44/h8-11,14-15,18-21,24H,5-7,12-13,16-17,34H2,1-4H3,(H2,37,38,39,40)/b9-8+. The van der Waals surface area contributed by atoms with Crippen LogP contribution in [-0.4, -0.2) is 67.9 Å². The number of aromatic nitrogens is 4. The van der Waals surface area contributed by atoms with Gasteiger partial charge in [-0.15, -0.1) is 0 Å². The van der Waals surface area contributed by atoms with E-state index in [1.807, 2.05) is 6.08 Å². The van der Waals surface area contributed by atoms with E-state index in [2.05, 4.69) is 55.6 Å². The summed E-state index contributed by atoms with van der Waals surface area (Å²) >= 11 is 0. The van der Waals surface area contributed by atoms with Gasteiger partial charge < -0.3 is 26.0 Å². The van der Waals surface area contributed by atoms with Crippen LogP contribution < -0.4 is 30.3 Å². The van der Waals surface area contributed by atoms with E-state index >= 15 is 0 Å². The van der Waals surface area contributed by atoms with Crippen LogP contribution in [0.3, 0.4) is 0 Å². The Balaban J connectivity index is 1.38. The summed E-state index contributed by atoms with van der Waals surface area (Å²) in [5, 5.41) is 6.78. The number of anilines is 6. The number of piperidine rings is 1. The van der Waals surface area contributed by atoms with E-state index < -0.39 is 10.0 Å². The molecule has 242 valence electrons. The topological polar surface area (TPSA) is 151 Å². The molecular formula is C33H41N9O3S. The Labute approximate surface area is 270 Å². The van der Waals surface area contributed by atoms with Gasteiger partial charge >= 0.3 is 0 Å². The highest BCUT2D eigenvalue weighted by Gasteiger charge is 2.24. The molecule has 0 radical (unpaired) electrons. The largest absolute Gasteiger partial charge is 0.494 e. The van der Waals surface area contributed by atoms with Gasteiger partial charge in [-0.25, -0.2) is 13.4 Å². The van der Waals surface area contributed by atoms with E-state index in [0.717, 1.165) is 68.4 Å². The van der Waals surface area contributed by atoms with Gasteiger partial charge in [-0.3, -0.25) is 14.3 Å². The normalized spacial score (nSPS) is 15.8. The van der Waals surface area contributed by atoms with Gasteiger partial charge in [-0.1, -0.05) is 19.1 Å². The fraction of sp³-hybridized carbons (Fsp3) is 0.394. The molecule has 0 atom stereocenters. The molecule has 2 aliphatic rings. The summed E-state index contributed by atoms with van der Waals surface area (Å²) in [7, 11) is -0.459. The maximum Gasteiger partial charge on any atom is 0.232 e. The summed E-state index contributed by atoms with van der Waals surface area (Å²) in [6, 6.07) is 8.02. The molecule has 0 amide bonds. The maximum atomic E-state index is 12.7. The average Bonchev–Trinajstić information content (AvgIpc) is 3.88. The Morgan fingerprint density at radius 2 is 1.83 bits per heavy atom. The summed E-state index contributed by atoms with van der Waals surface area (Å²) < 4.78 is 32.5. The van der Waals surface area contributed by atoms with Crippen LogP contribution in [-0.2, 0) is 16.4 Å². The number of methoxy groups -OCH3 is 1. The maximum absolute atomic E-state index is 12.7. The first kappa shape index (κ1) is 31.5. The SMILES string of the molecule is CCc1cc(Nc2ncc(/C=C/C3CC3)c(Nc3ccc4nccnc4c3N(C)S(C)(=O)=O)n2)c(OC)cc1N1CCC(N)CC1. The highest BCUT2D eigenvalue weighted by molar-refractivity contribution is 7.92. The number of nitrogens with two attached hydrogens (primary N) is 1. The molecule has 4 N–H and O–H groups in total. The van der Waals surface area contributed by atoms with Gasteiger partial charge in [-0.05, 0) is 61.8 Å². The van der Waals surface area contributed by atoms with Crippen LogP contribution in [0.1, 0.15) is 43.7 Å². The van der Waals surface area contributed by atoms with E-state index in [4.69, 9.17) is 15.5 Å². The molecule has 4 aromatic rings. The number of aryl methyl sites for hydroxylation is 1. The van der Waals surface area contributed by atoms with Gasteiger partial charge in [0, 0.05) is 62.1 Å². The molecule has 2 fully saturated rings. The highest BCUT2D eigenvalue weighted by atomic mass is 32.2. The van der Waals surface area contributed by atoms with E-state index in [1.54, 1.807) is 37.8 Å². The molecule has 12 nitrogen and oxygen atoms in total. The van der Waals surface area contributed by atoms with Crippen molar-refractivity contribution in [1.29, 1.82) is 0 Å². The number of sulfonamides is 1. The zero-order chi connectivity index (χ0) is 32.4. The van der Waals surface area contributed by atoms with Crippen LogP contribution in [0.4, 0.5) is 34.5 Å². The molecule has 0 bridgehead atoms. The number of nitrogens with one attached hydrogen (secondary N) is 2. The molecule has 1 saturated heterocycles. The van der Waals surface area contributed by atoms with Crippen molar-refractivity contribution in [3.8, 4) is 5.75 Å². The fourth-order valence-corrected chi connectivity index (χ4v) is 6.17. The molecule has 6 rings (SSSR count). The number of nitrogens with zero attached hydrogens (tertiary/aromatic N) is 6. The summed E-state index contributed by atoms with van der Waals surface area (Å²) in [5.41, 5.74) is 12.0. The minimum Gasteiger partial charge on any atom is -0.494 e. The molecule has 0 spiro atoms. The molecular weight excluding hydrogens is 602 g/mol. The summed E-state index contributed by atoms with van der Waals surface area (Å²) in [5.74, 6) is 2.10. The minimum absolute atomic E-state index is 0.247. The quantitative estimate of drug-likeness (QED) is 0.197. The smallest absolute Gasteiger partial charge is 0.232 e. The predicted molar refractivity (Wildman–Crippen MR) is 185 cm³/mol. The van der Waals surface area contributed by atoms with Gasteiger partial charge in [0.05, 0.1) is 30.3 Å². The number of hydrogen-bond donors (Lipinski definition) is 3. The van der Waals surface area contributed by atoms with Crippen LogP contribution in [0.15, 0.2) is 48.9 Å². The second-order valence-electron chi connectivity index (χ2n) is 11.9. The molecule has 13 heteroatoms. The van der Waals surface area contributed by atoms with Crippen LogP contribution in [0.25, 0.3) is 17.1 Å². The fourth-order valence-electron chi connectivity index (χ4n) is 5.66. The number of ether oxygens (including phenoxy) is 1. The molecule has 3 heterocycles. The van der Waals surface area contributed by atoms with Crippen molar-refractivity contribution >= 4 is 61.6 Å². The van der Waals surface area contributed by atoms with Crippen molar-refractivity contribution in [3.05, 3.63) is 60.1 Å². The monoisotopic (exact) mass is 643 g/mol. The lowest BCUT2D eigenvalue weighted by Gasteiger charge is -2.34. The first-order valence-corrected chi connectivity index (χ1v) is 17.5. The second-order valence-corrected chi connectivity index (χ2v) is 13.9. The molecule has 2 aromatic carbocycles. The lowest BCUT2D eigenvalue weighted by atomic mass is 10.0. The van der Waals surface area contributed by atoms with E-state index in [0.29, 0.717) is 45.8 Å². The van der Waals surface area contributed by atoms with Crippen molar-refractivity contribution in [3.63, 3.8) is 0 Å². The number of allylic oxidation sites excluding steroid dienone is 1. The summed E-state index contributed by atoms with van der Waals surface area (Å²) in [6.07, 6.45) is 15.3. The number of fused-ring (bicyclic) bond motifs is 1. The molecule has 46 heavy (non-hydrogen) atoms. The van der Waals surface area contributed by atoms with Crippen molar-refractivity contribution in [2.45, 2.75) is 45.1 Å². The van der Waals surface area contributed by atoms with E-state index in [1.165, 1.54) is 16.9 Å². The van der Waals surface area contributed by atoms with Crippen LogP contribution in [0, 0.1) is 5.92 Å². The van der Waals surface area contributed by atoms with Crippen LogP contribution in [0.5, 0.6) is 5.75 Å². The Bertz CT molecular complexity index is 1870. The Kier molecular flexibility index (Phi) is 8.96. The van der Waals surface area contributed by atoms with Crippen molar-refractivity contribution < 1.29 is 13.2 Å². The van der Waals surface area contributed by atoms with Gasteiger partial charge in [0.25, 0.3) is 0 Å². The van der Waals surface area contributed by atoms with E-state index in [-0.39, 0.29) is 6.04 Å². The van der Waals surface area contributed by atoms with Crippen molar-refractivity contribution in [2.75, 3.05) is 53.3 Å². The Morgan fingerprint density at radius 3 is 2.52 bits per heavy atom. The van der Waals surface area contributed by atoms with Gasteiger partial charge in [-0.2, -0.15) is 4.98 Å².